The molecule has 2 aromatic carbocycles. The summed E-state index contributed by atoms with van der Waals surface area (Å²) in [6.45, 7) is 18.9. The number of halogens is 1. The first-order valence-electron chi connectivity index (χ1n) is 14.9. The number of nitrogens with zero attached hydrogens (tertiary/aromatic N) is 2. The van der Waals surface area contributed by atoms with Crippen LogP contribution < -0.4 is 15.7 Å². The van der Waals surface area contributed by atoms with Crippen LogP contribution >= 0.6 is 11.6 Å². The van der Waals surface area contributed by atoms with E-state index in [0.717, 1.165) is 35.6 Å². The molecule has 0 unspecified atom stereocenters. The van der Waals surface area contributed by atoms with Gasteiger partial charge in [0.1, 0.15) is 18.1 Å². The van der Waals surface area contributed by atoms with Crippen molar-refractivity contribution >= 4 is 36.8 Å². The quantitative estimate of drug-likeness (QED) is 0.345. The number of rotatable bonds is 8. The van der Waals surface area contributed by atoms with Crippen LogP contribution in [0, 0.1) is 0 Å². The number of hydrogen-bond acceptors (Lipinski definition) is 8. The summed E-state index contributed by atoms with van der Waals surface area (Å²) < 4.78 is 29.5. The van der Waals surface area contributed by atoms with Gasteiger partial charge in [0, 0.05) is 19.0 Å². The predicted octanol–water partition coefficient (Wildman–Crippen LogP) is 4.40. The highest BCUT2D eigenvalue weighted by Crippen LogP contribution is 2.37. The van der Waals surface area contributed by atoms with Gasteiger partial charge in [-0.3, -0.25) is 0 Å². The molecule has 0 aromatic heterocycles. The molecule has 2 heterocycles. The molecule has 0 amide bonds. The van der Waals surface area contributed by atoms with E-state index in [1.54, 1.807) is 12.1 Å². The van der Waals surface area contributed by atoms with Crippen molar-refractivity contribution in [2.75, 3.05) is 53.8 Å². The van der Waals surface area contributed by atoms with Crippen LogP contribution in [0.15, 0.2) is 48.5 Å². The van der Waals surface area contributed by atoms with Gasteiger partial charge in [0.25, 0.3) is 0 Å². The SMILES string of the molecule is CC1(C)OB(c2ccc(O)cc2)OC1(C)C.CN(C)CCCl.CN(C)CCOc1ccc(B2OC(C)(C)C(C)(C)O2)cc1. The minimum Gasteiger partial charge on any atom is -0.508 e. The average molecular weight is 619 g/mol. The van der Waals surface area contributed by atoms with Crippen molar-refractivity contribution in [3.05, 3.63) is 48.5 Å². The predicted molar refractivity (Wildman–Crippen MR) is 179 cm³/mol. The highest BCUT2D eigenvalue weighted by molar-refractivity contribution is 6.62. The lowest BCUT2D eigenvalue weighted by Crippen LogP contribution is -2.41. The van der Waals surface area contributed by atoms with Crippen LogP contribution in [-0.4, -0.2) is 105 Å². The molecular weight excluding hydrogens is 565 g/mol. The fourth-order valence-electron chi connectivity index (χ4n) is 3.83. The molecule has 2 fully saturated rings. The Morgan fingerprint density at radius 2 is 0.977 bits per heavy atom. The van der Waals surface area contributed by atoms with Crippen molar-refractivity contribution in [2.24, 2.45) is 0 Å². The van der Waals surface area contributed by atoms with Crippen molar-refractivity contribution in [1.82, 2.24) is 9.80 Å². The lowest BCUT2D eigenvalue weighted by molar-refractivity contribution is 0.00578. The largest absolute Gasteiger partial charge is 0.508 e. The summed E-state index contributed by atoms with van der Waals surface area (Å²) in [4.78, 5) is 4.14. The van der Waals surface area contributed by atoms with Crippen LogP contribution in [0.1, 0.15) is 55.4 Å². The van der Waals surface area contributed by atoms with Gasteiger partial charge in [0.05, 0.1) is 22.4 Å². The third kappa shape index (κ3) is 11.0. The first-order chi connectivity index (χ1) is 19.8. The highest BCUT2D eigenvalue weighted by atomic mass is 35.5. The third-order valence-corrected chi connectivity index (χ3v) is 8.33. The minimum absolute atomic E-state index is 0.250. The summed E-state index contributed by atoms with van der Waals surface area (Å²) >= 11 is 5.35. The van der Waals surface area contributed by atoms with E-state index in [0.29, 0.717) is 6.61 Å². The molecule has 43 heavy (non-hydrogen) atoms. The second-order valence-electron chi connectivity index (χ2n) is 13.5. The van der Waals surface area contributed by atoms with E-state index in [1.807, 2.05) is 97.2 Å². The maximum Gasteiger partial charge on any atom is 0.494 e. The van der Waals surface area contributed by atoms with E-state index < -0.39 is 0 Å². The van der Waals surface area contributed by atoms with E-state index >= 15 is 0 Å². The second-order valence-corrected chi connectivity index (χ2v) is 13.9. The van der Waals surface area contributed by atoms with Gasteiger partial charge in [-0.1, -0.05) is 24.3 Å². The molecule has 0 spiro atoms. The summed E-state index contributed by atoms with van der Waals surface area (Å²) in [5.41, 5.74) is 0.687. The fourth-order valence-corrected chi connectivity index (χ4v) is 4.16. The Morgan fingerprint density at radius 1 is 0.628 bits per heavy atom. The maximum absolute atomic E-state index is 9.22. The molecule has 1 N–H and O–H groups in total. The number of ether oxygens (including phenoxy) is 1. The topological polar surface area (TPSA) is 72.9 Å². The van der Waals surface area contributed by atoms with Gasteiger partial charge >= 0.3 is 14.2 Å². The molecule has 0 aliphatic carbocycles. The second kappa shape index (κ2) is 15.5. The molecule has 2 saturated heterocycles. The number of phenolic OH excluding ortho intramolecular Hbond substituents is 1. The Kier molecular flexibility index (Phi) is 13.5. The van der Waals surface area contributed by atoms with Crippen LogP contribution in [0.3, 0.4) is 0 Å². The minimum atomic E-state index is -0.356. The number of phenols is 1. The highest BCUT2D eigenvalue weighted by Gasteiger charge is 2.52. The van der Waals surface area contributed by atoms with Gasteiger partial charge in [-0.25, -0.2) is 0 Å². The zero-order chi connectivity index (χ0) is 32.6. The normalized spacial score (nSPS) is 19.5. The first kappa shape index (κ1) is 37.4. The number of alkyl halides is 1. The van der Waals surface area contributed by atoms with Crippen LogP contribution in [0.4, 0.5) is 0 Å². The number of likely N-dealkylation sites (N-methyl/N-ethyl adjacent to an activating group) is 1. The molecule has 0 atom stereocenters. The van der Waals surface area contributed by atoms with Gasteiger partial charge in [0.2, 0.25) is 0 Å². The van der Waals surface area contributed by atoms with E-state index in [4.69, 9.17) is 35.0 Å². The van der Waals surface area contributed by atoms with Gasteiger partial charge in [-0.15, -0.1) is 11.6 Å². The van der Waals surface area contributed by atoms with Crippen molar-refractivity contribution in [3.63, 3.8) is 0 Å². The standard InChI is InChI=1S/C16H26BNO3.C12H17BO3.C4H10ClN/c1-15(2)16(3,4)21-17(20-15)13-7-9-14(10-8-13)19-12-11-18(5)6;1-11(2)12(3,4)16-13(15-11)9-5-7-10(14)8-6-9;1-6(2)4-3-5/h7-10H,11-12H2,1-6H3;5-8,14H,1-4H3;3-4H2,1-2H3. The number of aromatic hydroxyl groups is 1. The van der Waals surface area contributed by atoms with Gasteiger partial charge < -0.3 is 38.3 Å². The van der Waals surface area contributed by atoms with Crippen LogP contribution in [0.5, 0.6) is 11.5 Å². The van der Waals surface area contributed by atoms with E-state index in [2.05, 4.69) is 32.6 Å². The Labute approximate surface area is 266 Å². The molecule has 2 aliphatic rings. The average Bonchev–Trinajstić information content (AvgIpc) is 3.24. The summed E-state index contributed by atoms with van der Waals surface area (Å²) in [5, 5.41) is 9.22. The van der Waals surface area contributed by atoms with Gasteiger partial charge in [-0.2, -0.15) is 0 Å². The van der Waals surface area contributed by atoms with Crippen molar-refractivity contribution in [2.45, 2.75) is 77.8 Å². The van der Waals surface area contributed by atoms with Crippen LogP contribution in [0.25, 0.3) is 0 Å². The molecule has 0 radical (unpaired) electrons. The molecule has 2 aromatic rings. The Morgan fingerprint density at radius 3 is 1.28 bits per heavy atom. The molecule has 4 rings (SSSR count). The molecule has 8 nitrogen and oxygen atoms in total. The van der Waals surface area contributed by atoms with E-state index in [1.165, 1.54) is 0 Å². The Hall–Kier alpha value is -1.78. The number of benzene rings is 2. The van der Waals surface area contributed by atoms with E-state index in [9.17, 15) is 5.11 Å². The maximum atomic E-state index is 9.22. The zero-order valence-corrected chi connectivity index (χ0v) is 29.1. The molecular formula is C32H53B2ClN2O6. The van der Waals surface area contributed by atoms with Crippen LogP contribution in [0.2, 0.25) is 0 Å². The van der Waals surface area contributed by atoms with Crippen molar-refractivity contribution in [3.8, 4) is 11.5 Å². The summed E-state index contributed by atoms with van der Waals surface area (Å²) in [6, 6.07) is 14.9. The Balaban J connectivity index is 0.000000259. The molecule has 11 heteroatoms. The fraction of sp³-hybridized carbons (Fsp3) is 0.625. The molecule has 0 saturated carbocycles. The van der Waals surface area contributed by atoms with Gasteiger partial charge in [-0.05, 0) is 119 Å². The van der Waals surface area contributed by atoms with Gasteiger partial charge in [0.15, 0.2) is 0 Å². The monoisotopic (exact) mass is 618 g/mol. The summed E-state index contributed by atoms with van der Waals surface area (Å²) in [5.74, 6) is 1.85. The van der Waals surface area contributed by atoms with Crippen molar-refractivity contribution < 1.29 is 28.5 Å². The van der Waals surface area contributed by atoms with Crippen molar-refractivity contribution in [1.29, 1.82) is 0 Å². The summed E-state index contributed by atoms with van der Waals surface area (Å²) in [6.07, 6.45) is 0. The zero-order valence-electron chi connectivity index (χ0n) is 28.4. The lowest BCUT2D eigenvalue weighted by Gasteiger charge is -2.32. The van der Waals surface area contributed by atoms with E-state index in [-0.39, 0.29) is 42.4 Å². The first-order valence-corrected chi connectivity index (χ1v) is 15.4. The Bertz CT molecular complexity index is 1080. The summed E-state index contributed by atoms with van der Waals surface area (Å²) in [7, 11) is 7.40. The molecule has 2 aliphatic heterocycles. The molecule has 240 valence electrons. The third-order valence-electron chi connectivity index (χ3n) is 8.16. The van der Waals surface area contributed by atoms with Crippen LogP contribution in [-0.2, 0) is 18.6 Å². The lowest BCUT2D eigenvalue weighted by atomic mass is 9.79. The molecule has 0 bridgehead atoms. The number of hydrogen-bond donors (Lipinski definition) is 1. The smallest absolute Gasteiger partial charge is 0.494 e.